The number of esters is 1. The van der Waals surface area contributed by atoms with E-state index in [1.165, 1.54) is 29.2 Å². The van der Waals surface area contributed by atoms with Crippen LogP contribution in [-0.4, -0.2) is 62.6 Å². The van der Waals surface area contributed by atoms with Crippen molar-refractivity contribution in [3.63, 3.8) is 0 Å². The molecule has 1 heterocycles. The van der Waals surface area contributed by atoms with Crippen LogP contribution in [-0.2, 0) is 30.1 Å². The first-order chi connectivity index (χ1) is 15.9. The zero-order valence-corrected chi connectivity index (χ0v) is 21.6. The highest BCUT2D eigenvalue weighted by atomic mass is 28.3. The summed E-state index contributed by atoms with van der Waals surface area (Å²) >= 11 is 0. The Bertz CT molecular complexity index is 898. The van der Waals surface area contributed by atoms with Crippen molar-refractivity contribution in [1.82, 2.24) is 4.90 Å². The van der Waals surface area contributed by atoms with Crippen LogP contribution in [0.15, 0.2) is 29.4 Å². The number of amidine groups is 1. The Morgan fingerprint density at radius 3 is 2.38 bits per heavy atom. The summed E-state index contributed by atoms with van der Waals surface area (Å²) in [6.07, 6.45) is -1.15. The molecule has 1 fully saturated rings. The van der Waals surface area contributed by atoms with Gasteiger partial charge in [0.2, 0.25) is 6.61 Å². The van der Waals surface area contributed by atoms with E-state index in [-0.39, 0.29) is 36.1 Å². The van der Waals surface area contributed by atoms with E-state index in [9.17, 15) is 19.7 Å². The molecule has 0 aromatic heterocycles. The van der Waals surface area contributed by atoms with E-state index in [1.54, 1.807) is 6.92 Å². The third kappa shape index (κ3) is 7.52. The highest BCUT2D eigenvalue weighted by molar-refractivity contribution is 6.48. The number of non-ortho nitro benzene ring substituents is 1. The van der Waals surface area contributed by atoms with Gasteiger partial charge >= 0.3 is 12.1 Å². The monoisotopic (exact) mass is 495 g/mol. The van der Waals surface area contributed by atoms with E-state index in [1.807, 2.05) is 13.1 Å². The molecular weight excluding hydrogens is 462 g/mol. The molecule has 2 rings (SSSR count). The predicted octanol–water partition coefficient (Wildman–Crippen LogP) is 3.47. The number of benzene rings is 1. The minimum Gasteiger partial charge on any atom is -0.463 e. The molecule has 1 aromatic carbocycles. The molecule has 1 aliphatic heterocycles. The second-order valence-electron chi connectivity index (χ2n) is 9.19. The molecule has 2 atom stereocenters. The lowest BCUT2D eigenvalue weighted by molar-refractivity contribution is -0.384. The molecule has 34 heavy (non-hydrogen) atoms. The summed E-state index contributed by atoms with van der Waals surface area (Å²) in [5.74, 6) is -0.404. The van der Waals surface area contributed by atoms with E-state index in [2.05, 4.69) is 25.9 Å². The molecule has 1 aromatic rings. The van der Waals surface area contributed by atoms with Crippen molar-refractivity contribution in [2.75, 3.05) is 19.8 Å². The van der Waals surface area contributed by atoms with Gasteiger partial charge in [0.25, 0.3) is 5.69 Å². The smallest absolute Gasteiger partial charge is 0.415 e. The van der Waals surface area contributed by atoms with Crippen molar-refractivity contribution in [3.8, 4) is 0 Å². The van der Waals surface area contributed by atoms with Crippen molar-refractivity contribution < 1.29 is 33.2 Å². The van der Waals surface area contributed by atoms with Crippen molar-refractivity contribution in [3.05, 3.63) is 39.9 Å². The van der Waals surface area contributed by atoms with Crippen LogP contribution >= 0.6 is 0 Å². The van der Waals surface area contributed by atoms with Crippen LogP contribution in [0.5, 0.6) is 0 Å². The molecule has 188 valence electrons. The van der Waals surface area contributed by atoms with Crippen LogP contribution in [0.4, 0.5) is 10.5 Å². The number of carbonyl (C=O) groups is 2. The zero-order valence-electron chi connectivity index (χ0n) is 20.5. The Labute approximate surface area is 200 Å². The number of hydrogen-bond acceptors (Lipinski definition) is 9. The number of nitro groups is 1. The first-order valence-corrected chi connectivity index (χ1v) is 13.9. The maximum absolute atomic E-state index is 13.0. The van der Waals surface area contributed by atoms with E-state index < -0.39 is 38.7 Å². The maximum Gasteiger partial charge on any atom is 0.415 e. The average molecular weight is 496 g/mol. The van der Waals surface area contributed by atoms with E-state index >= 15 is 0 Å². The minimum absolute atomic E-state index is 0.0475. The van der Waals surface area contributed by atoms with E-state index in [0.29, 0.717) is 12.1 Å². The number of rotatable bonds is 9. The fourth-order valence-electron chi connectivity index (χ4n) is 3.46. The number of nitro benzene ring substituents is 1. The molecular formula is C22H33N3O8Si. The highest BCUT2D eigenvalue weighted by Gasteiger charge is 2.48. The summed E-state index contributed by atoms with van der Waals surface area (Å²) in [5.41, 5.74) is 0.335. The Balaban J connectivity index is 2.22. The van der Waals surface area contributed by atoms with Gasteiger partial charge < -0.3 is 18.7 Å². The molecule has 0 spiro atoms. The lowest BCUT2D eigenvalue weighted by Crippen LogP contribution is -2.39. The van der Waals surface area contributed by atoms with Gasteiger partial charge in [-0.05, 0) is 43.1 Å². The standard InChI is InChI=1S/C22H33N3O8Si/c1-7-30-18(26)14-32-23-20-19(33-34(5)6)17(22(2,3)4)12-24(20)21(27)31-13-15-8-10-16(11-9-15)25(28)29/h8-11,17,19,34H,7,12-14H2,1-6H3/b23-20+/t17-,19?/m1/s1. The number of hydrogen-bond donors (Lipinski definition) is 0. The predicted molar refractivity (Wildman–Crippen MR) is 127 cm³/mol. The maximum atomic E-state index is 13.0. The zero-order chi connectivity index (χ0) is 25.5. The number of carbonyl (C=O) groups excluding carboxylic acids is 2. The molecule has 11 nitrogen and oxygen atoms in total. The molecule has 0 bridgehead atoms. The molecule has 0 saturated carbocycles. The molecule has 1 saturated heterocycles. The Morgan fingerprint density at radius 2 is 1.85 bits per heavy atom. The van der Waals surface area contributed by atoms with Crippen molar-refractivity contribution >= 4 is 32.6 Å². The lowest BCUT2D eigenvalue weighted by atomic mass is 9.79. The van der Waals surface area contributed by atoms with Gasteiger partial charge in [0.15, 0.2) is 14.9 Å². The van der Waals surface area contributed by atoms with Gasteiger partial charge in [-0.2, -0.15) is 0 Å². The molecule has 0 N–H and O–H groups in total. The summed E-state index contributed by atoms with van der Waals surface area (Å²) < 4.78 is 16.6. The summed E-state index contributed by atoms with van der Waals surface area (Å²) in [6.45, 7) is 11.9. The quantitative estimate of drug-likeness (QED) is 0.220. The molecule has 1 unspecified atom stereocenters. The summed E-state index contributed by atoms with van der Waals surface area (Å²) in [4.78, 5) is 41.6. The van der Waals surface area contributed by atoms with Crippen molar-refractivity contribution in [2.24, 2.45) is 16.5 Å². The van der Waals surface area contributed by atoms with Gasteiger partial charge in [-0.15, -0.1) is 0 Å². The number of amides is 1. The number of nitrogens with zero attached hydrogens (tertiary/aromatic N) is 3. The highest BCUT2D eigenvalue weighted by Crippen LogP contribution is 2.37. The van der Waals surface area contributed by atoms with Gasteiger partial charge in [0.1, 0.15) is 12.7 Å². The van der Waals surface area contributed by atoms with Crippen LogP contribution in [0.25, 0.3) is 0 Å². The normalized spacial score (nSPS) is 19.4. The summed E-state index contributed by atoms with van der Waals surface area (Å²) in [6, 6.07) is 5.76. The molecule has 0 radical (unpaired) electrons. The van der Waals surface area contributed by atoms with Crippen LogP contribution in [0.1, 0.15) is 33.3 Å². The van der Waals surface area contributed by atoms with Gasteiger partial charge in [-0.1, -0.05) is 25.9 Å². The number of likely N-dealkylation sites (tertiary alicyclic amines) is 1. The first kappa shape index (κ1) is 27.3. The minimum atomic E-state index is -1.54. The Kier molecular flexibility index (Phi) is 9.56. The summed E-state index contributed by atoms with van der Waals surface area (Å²) in [7, 11) is -1.54. The first-order valence-electron chi connectivity index (χ1n) is 11.1. The van der Waals surface area contributed by atoms with Gasteiger partial charge in [0, 0.05) is 24.6 Å². The fraction of sp³-hybridized carbons (Fsp3) is 0.591. The second kappa shape index (κ2) is 11.9. The summed E-state index contributed by atoms with van der Waals surface area (Å²) in [5, 5.41) is 14.9. The molecule has 0 aliphatic carbocycles. The topological polar surface area (TPSA) is 130 Å². The third-order valence-electron chi connectivity index (χ3n) is 5.18. The largest absolute Gasteiger partial charge is 0.463 e. The number of oxime groups is 1. The van der Waals surface area contributed by atoms with Gasteiger partial charge in [0.05, 0.1) is 11.5 Å². The average Bonchev–Trinajstić information content (AvgIpc) is 3.10. The third-order valence-corrected chi connectivity index (χ3v) is 6.02. The Hall–Kier alpha value is -2.99. The molecule has 1 aliphatic rings. The van der Waals surface area contributed by atoms with Crippen LogP contribution < -0.4 is 0 Å². The van der Waals surface area contributed by atoms with Crippen molar-refractivity contribution in [2.45, 2.75) is 53.5 Å². The second-order valence-corrected chi connectivity index (χ2v) is 11.6. The van der Waals surface area contributed by atoms with Crippen molar-refractivity contribution in [1.29, 1.82) is 0 Å². The van der Waals surface area contributed by atoms with Crippen LogP contribution in [0.3, 0.4) is 0 Å². The molecule has 12 heteroatoms. The van der Waals surface area contributed by atoms with Gasteiger partial charge in [-0.25, -0.2) is 9.59 Å². The fourth-order valence-corrected chi connectivity index (χ4v) is 4.35. The lowest BCUT2D eigenvalue weighted by Gasteiger charge is -2.31. The SMILES string of the molecule is CCOC(=O)CO/N=C1\C(O[SiH](C)C)[C@H](C(C)(C)C)CN1C(=O)OCc1ccc([N+](=O)[O-])cc1. The van der Waals surface area contributed by atoms with Gasteiger partial charge in [-0.3, -0.25) is 15.0 Å². The van der Waals surface area contributed by atoms with E-state index in [0.717, 1.165) is 0 Å². The Morgan fingerprint density at radius 1 is 1.21 bits per heavy atom. The van der Waals surface area contributed by atoms with E-state index in [4.69, 9.17) is 18.7 Å². The number of ether oxygens (including phenoxy) is 2. The molecule has 1 amide bonds. The van der Waals surface area contributed by atoms with Crippen LogP contribution in [0, 0.1) is 21.4 Å². The van der Waals surface area contributed by atoms with Crippen LogP contribution in [0.2, 0.25) is 13.1 Å².